The maximum Gasteiger partial charge on any atom is 0.237 e. The molecular formula is C7H6NO2S. The number of sulfonamides is 1. The number of hydrogen-bond acceptors (Lipinski definition) is 2. The Bertz CT molecular complexity index is 352. The Kier molecular flexibility index (Phi) is 1.20. The predicted octanol–water partition coefficient (Wildman–Crippen LogP) is 0.742. The van der Waals surface area contributed by atoms with Crippen molar-refractivity contribution in [2.75, 3.05) is 4.72 Å². The first-order valence-corrected chi connectivity index (χ1v) is 4.82. The molecule has 1 heterocycles. The highest BCUT2D eigenvalue weighted by Crippen LogP contribution is 2.25. The van der Waals surface area contributed by atoms with Gasteiger partial charge in [0.15, 0.2) is 0 Å². The first-order chi connectivity index (χ1) is 5.17. The Hall–Kier alpha value is -1.03. The van der Waals surface area contributed by atoms with E-state index in [4.69, 9.17) is 0 Å². The van der Waals surface area contributed by atoms with Crippen molar-refractivity contribution in [3.63, 3.8) is 0 Å². The maximum atomic E-state index is 11.0. The molecule has 0 bridgehead atoms. The minimum Gasteiger partial charge on any atom is -0.283 e. The van der Waals surface area contributed by atoms with Crippen LogP contribution >= 0.6 is 0 Å². The monoisotopic (exact) mass is 168 g/mol. The van der Waals surface area contributed by atoms with Crippen LogP contribution < -0.4 is 4.72 Å². The summed E-state index contributed by atoms with van der Waals surface area (Å²) in [5.41, 5.74) is 1.48. The summed E-state index contributed by atoms with van der Waals surface area (Å²) in [4.78, 5) is 0. The van der Waals surface area contributed by atoms with E-state index in [2.05, 4.69) is 10.8 Å². The zero-order valence-electron chi connectivity index (χ0n) is 5.66. The zero-order chi connectivity index (χ0) is 7.90. The highest BCUT2D eigenvalue weighted by atomic mass is 32.2. The SMILES string of the molecule is O=S1(=O)Cc2cc[c]cc2N1. The van der Waals surface area contributed by atoms with E-state index in [1.807, 2.05) is 0 Å². The molecule has 3 nitrogen and oxygen atoms in total. The van der Waals surface area contributed by atoms with E-state index in [9.17, 15) is 8.42 Å². The molecule has 1 aromatic rings. The second kappa shape index (κ2) is 1.98. The number of nitrogens with one attached hydrogen (secondary N) is 1. The number of fused-ring (bicyclic) bond motifs is 1. The molecule has 0 fully saturated rings. The summed E-state index contributed by atoms with van der Waals surface area (Å²) in [6.45, 7) is 0. The van der Waals surface area contributed by atoms with Crippen LogP contribution in [0.4, 0.5) is 5.69 Å². The van der Waals surface area contributed by atoms with E-state index in [0.717, 1.165) is 5.56 Å². The van der Waals surface area contributed by atoms with Crippen LogP contribution in [0.2, 0.25) is 0 Å². The summed E-state index contributed by atoms with van der Waals surface area (Å²) in [7, 11) is -3.08. The molecule has 0 aliphatic carbocycles. The average Bonchev–Trinajstić information content (AvgIpc) is 2.21. The molecule has 0 unspecified atom stereocenters. The van der Waals surface area contributed by atoms with Gasteiger partial charge in [0, 0.05) is 0 Å². The summed E-state index contributed by atoms with van der Waals surface area (Å²) in [5.74, 6) is 0.0943. The molecule has 0 saturated carbocycles. The normalized spacial score (nSPS) is 18.9. The van der Waals surface area contributed by atoms with Crippen LogP contribution in [0.25, 0.3) is 0 Å². The van der Waals surface area contributed by atoms with E-state index in [1.54, 1.807) is 18.2 Å². The molecule has 2 rings (SSSR count). The first-order valence-electron chi connectivity index (χ1n) is 3.17. The molecule has 1 aromatic carbocycles. The van der Waals surface area contributed by atoms with Crippen molar-refractivity contribution >= 4 is 15.7 Å². The summed E-state index contributed by atoms with van der Waals surface area (Å²) >= 11 is 0. The van der Waals surface area contributed by atoms with Crippen LogP contribution in [-0.4, -0.2) is 8.42 Å². The van der Waals surface area contributed by atoms with E-state index in [-0.39, 0.29) is 5.75 Å². The molecular weight excluding hydrogens is 162 g/mol. The second-order valence-electron chi connectivity index (χ2n) is 2.44. The van der Waals surface area contributed by atoms with Gasteiger partial charge >= 0.3 is 0 Å². The van der Waals surface area contributed by atoms with Gasteiger partial charge in [-0.05, 0) is 17.7 Å². The molecule has 1 radical (unpaired) electrons. The van der Waals surface area contributed by atoms with Crippen molar-refractivity contribution in [3.05, 3.63) is 29.8 Å². The van der Waals surface area contributed by atoms with Gasteiger partial charge in [-0.2, -0.15) is 0 Å². The fourth-order valence-corrected chi connectivity index (χ4v) is 2.35. The molecule has 1 N–H and O–H groups in total. The summed E-state index contributed by atoms with van der Waals surface area (Å²) in [6, 6.07) is 7.91. The molecule has 11 heavy (non-hydrogen) atoms. The number of benzene rings is 1. The van der Waals surface area contributed by atoms with Gasteiger partial charge in [-0.3, -0.25) is 4.72 Å². The van der Waals surface area contributed by atoms with Crippen LogP contribution in [0.3, 0.4) is 0 Å². The van der Waals surface area contributed by atoms with Crippen molar-refractivity contribution in [2.45, 2.75) is 5.75 Å². The van der Waals surface area contributed by atoms with Gasteiger partial charge in [0.05, 0.1) is 11.4 Å². The predicted molar refractivity (Wildman–Crippen MR) is 41.5 cm³/mol. The molecule has 0 spiro atoms. The standard InChI is InChI=1S/C7H6NO2S/c9-11(10)5-6-3-1-2-4-7(6)8-11/h1,3-4,8H,5H2. The molecule has 0 amide bonds. The molecule has 0 atom stereocenters. The third-order valence-corrected chi connectivity index (χ3v) is 2.79. The molecule has 1 aliphatic rings. The van der Waals surface area contributed by atoms with Crippen molar-refractivity contribution in [1.29, 1.82) is 0 Å². The Morgan fingerprint density at radius 1 is 1.55 bits per heavy atom. The molecule has 57 valence electrons. The lowest BCUT2D eigenvalue weighted by Gasteiger charge is -1.93. The molecule has 1 aliphatic heterocycles. The van der Waals surface area contributed by atoms with E-state index in [0.29, 0.717) is 5.69 Å². The topological polar surface area (TPSA) is 46.2 Å². The third kappa shape index (κ3) is 1.09. The van der Waals surface area contributed by atoms with Gasteiger partial charge < -0.3 is 0 Å². The number of rotatable bonds is 0. The second-order valence-corrected chi connectivity index (χ2v) is 4.17. The zero-order valence-corrected chi connectivity index (χ0v) is 6.48. The van der Waals surface area contributed by atoms with Gasteiger partial charge in [0.2, 0.25) is 10.0 Å². The quantitative estimate of drug-likeness (QED) is 0.621. The molecule has 0 aromatic heterocycles. The minimum atomic E-state index is -3.08. The molecule has 0 saturated heterocycles. The van der Waals surface area contributed by atoms with Crippen LogP contribution in [0.5, 0.6) is 0 Å². The number of hydrogen-bond donors (Lipinski definition) is 1. The highest BCUT2D eigenvalue weighted by Gasteiger charge is 2.21. The Balaban J connectivity index is 2.57. The van der Waals surface area contributed by atoms with Crippen LogP contribution in [0.1, 0.15) is 5.56 Å². The van der Waals surface area contributed by atoms with Gasteiger partial charge in [-0.25, -0.2) is 8.42 Å². The summed E-state index contributed by atoms with van der Waals surface area (Å²) < 4.78 is 24.3. The van der Waals surface area contributed by atoms with E-state index < -0.39 is 10.0 Å². The van der Waals surface area contributed by atoms with Crippen molar-refractivity contribution < 1.29 is 8.42 Å². The Morgan fingerprint density at radius 2 is 2.36 bits per heavy atom. The molecule has 4 heteroatoms. The maximum absolute atomic E-state index is 11.0. The van der Waals surface area contributed by atoms with Gasteiger partial charge in [-0.1, -0.05) is 12.1 Å². The van der Waals surface area contributed by atoms with Crippen molar-refractivity contribution in [1.82, 2.24) is 0 Å². The highest BCUT2D eigenvalue weighted by molar-refractivity contribution is 7.92. The van der Waals surface area contributed by atoms with Crippen LogP contribution in [0, 0.1) is 6.07 Å². The Labute approximate surface area is 65.1 Å². The first kappa shape index (κ1) is 6.67. The van der Waals surface area contributed by atoms with Gasteiger partial charge in [0.1, 0.15) is 0 Å². The van der Waals surface area contributed by atoms with Crippen molar-refractivity contribution in [2.24, 2.45) is 0 Å². The fraction of sp³-hybridized carbons (Fsp3) is 0.143. The third-order valence-electron chi connectivity index (χ3n) is 1.57. The van der Waals surface area contributed by atoms with Crippen molar-refractivity contribution in [3.8, 4) is 0 Å². The van der Waals surface area contributed by atoms with E-state index >= 15 is 0 Å². The van der Waals surface area contributed by atoms with Gasteiger partial charge in [0.25, 0.3) is 0 Å². The van der Waals surface area contributed by atoms with Crippen LogP contribution in [-0.2, 0) is 15.8 Å². The average molecular weight is 168 g/mol. The lowest BCUT2D eigenvalue weighted by atomic mass is 10.2. The smallest absolute Gasteiger partial charge is 0.237 e. The lowest BCUT2D eigenvalue weighted by Crippen LogP contribution is -2.05. The van der Waals surface area contributed by atoms with Crippen LogP contribution in [0.15, 0.2) is 18.2 Å². The summed E-state index contributed by atoms with van der Waals surface area (Å²) in [5, 5.41) is 0. The lowest BCUT2D eigenvalue weighted by molar-refractivity contribution is 0.602. The number of anilines is 1. The fourth-order valence-electron chi connectivity index (χ4n) is 1.09. The van der Waals surface area contributed by atoms with E-state index in [1.165, 1.54) is 0 Å². The Morgan fingerprint density at radius 3 is 3.09 bits per heavy atom. The largest absolute Gasteiger partial charge is 0.283 e. The minimum absolute atomic E-state index is 0.0943. The summed E-state index contributed by atoms with van der Waals surface area (Å²) in [6.07, 6.45) is 0. The van der Waals surface area contributed by atoms with Gasteiger partial charge in [-0.15, -0.1) is 0 Å².